The third-order valence-corrected chi connectivity index (χ3v) is 5.07. The maximum absolute atomic E-state index is 12.5. The average molecular weight is 251 g/mol. The van der Waals surface area contributed by atoms with Gasteiger partial charge in [-0.15, -0.1) is 0 Å². The van der Waals surface area contributed by atoms with Crippen LogP contribution in [-0.2, 0) is 4.79 Å². The summed E-state index contributed by atoms with van der Waals surface area (Å²) in [6, 6.07) is 0. The van der Waals surface area contributed by atoms with Crippen LogP contribution < -0.4 is 5.73 Å². The van der Waals surface area contributed by atoms with Crippen LogP contribution in [0.1, 0.15) is 25.7 Å². The molecule has 0 aromatic carbocycles. The van der Waals surface area contributed by atoms with E-state index >= 15 is 0 Å². The van der Waals surface area contributed by atoms with Gasteiger partial charge in [-0.2, -0.15) is 0 Å². The molecule has 4 heteroatoms. The zero-order valence-corrected chi connectivity index (χ0v) is 11.2. The Labute approximate surface area is 109 Å². The van der Waals surface area contributed by atoms with Crippen molar-refractivity contribution in [2.45, 2.75) is 25.7 Å². The van der Waals surface area contributed by atoms with Crippen molar-refractivity contribution in [3.05, 3.63) is 0 Å². The van der Waals surface area contributed by atoms with Crippen LogP contribution in [0.3, 0.4) is 0 Å². The van der Waals surface area contributed by atoms with Gasteiger partial charge in [0, 0.05) is 45.2 Å². The number of fused-ring (bicyclic) bond motifs is 1. The Morgan fingerprint density at radius 2 is 1.67 bits per heavy atom. The molecule has 2 atom stereocenters. The fourth-order valence-electron chi connectivity index (χ4n) is 3.94. The molecule has 1 aliphatic heterocycles. The molecule has 18 heavy (non-hydrogen) atoms. The summed E-state index contributed by atoms with van der Waals surface area (Å²) in [6.45, 7) is 5.52. The first-order valence-corrected chi connectivity index (χ1v) is 7.52. The van der Waals surface area contributed by atoms with E-state index in [1.165, 1.54) is 25.7 Å². The van der Waals surface area contributed by atoms with Crippen LogP contribution in [0.5, 0.6) is 0 Å². The molecule has 1 heterocycles. The molecule has 3 fully saturated rings. The van der Waals surface area contributed by atoms with Crippen molar-refractivity contribution >= 4 is 5.91 Å². The molecule has 3 rings (SSSR count). The van der Waals surface area contributed by atoms with Crippen LogP contribution >= 0.6 is 0 Å². The monoisotopic (exact) mass is 251 g/mol. The van der Waals surface area contributed by atoms with E-state index in [0.29, 0.717) is 11.8 Å². The summed E-state index contributed by atoms with van der Waals surface area (Å²) in [7, 11) is 0. The SMILES string of the molecule is NCCN1CCN(C(=O)C2C3CCCCC32)CC1. The zero-order chi connectivity index (χ0) is 12.5. The van der Waals surface area contributed by atoms with E-state index in [0.717, 1.165) is 51.1 Å². The summed E-state index contributed by atoms with van der Waals surface area (Å²) in [5.41, 5.74) is 5.57. The van der Waals surface area contributed by atoms with E-state index in [2.05, 4.69) is 9.80 Å². The molecule has 0 aromatic rings. The summed E-state index contributed by atoms with van der Waals surface area (Å²) < 4.78 is 0. The first kappa shape index (κ1) is 12.4. The highest BCUT2D eigenvalue weighted by Gasteiger charge is 2.55. The molecule has 102 valence electrons. The molecule has 0 bridgehead atoms. The average Bonchev–Trinajstić information content (AvgIpc) is 3.13. The number of hydrogen-bond donors (Lipinski definition) is 1. The predicted molar refractivity (Wildman–Crippen MR) is 71.0 cm³/mol. The van der Waals surface area contributed by atoms with Crippen LogP contribution in [0.2, 0.25) is 0 Å². The molecule has 2 saturated carbocycles. The van der Waals surface area contributed by atoms with Crippen LogP contribution in [0.15, 0.2) is 0 Å². The van der Waals surface area contributed by atoms with Gasteiger partial charge in [-0.25, -0.2) is 0 Å². The van der Waals surface area contributed by atoms with Gasteiger partial charge in [-0.1, -0.05) is 12.8 Å². The van der Waals surface area contributed by atoms with Crippen molar-refractivity contribution in [2.75, 3.05) is 39.3 Å². The van der Waals surface area contributed by atoms with Gasteiger partial charge in [-0.3, -0.25) is 9.69 Å². The number of rotatable bonds is 3. The number of hydrogen-bond acceptors (Lipinski definition) is 3. The first-order chi connectivity index (χ1) is 8.81. The van der Waals surface area contributed by atoms with Crippen molar-refractivity contribution in [3.8, 4) is 0 Å². The van der Waals surface area contributed by atoms with Crippen molar-refractivity contribution in [3.63, 3.8) is 0 Å². The molecule has 2 aliphatic carbocycles. The van der Waals surface area contributed by atoms with Gasteiger partial charge < -0.3 is 10.6 Å². The van der Waals surface area contributed by atoms with Gasteiger partial charge in [0.15, 0.2) is 0 Å². The Balaban J connectivity index is 1.49. The van der Waals surface area contributed by atoms with Gasteiger partial charge in [0.2, 0.25) is 5.91 Å². The highest BCUT2D eigenvalue weighted by atomic mass is 16.2. The fourth-order valence-corrected chi connectivity index (χ4v) is 3.94. The van der Waals surface area contributed by atoms with Crippen molar-refractivity contribution in [1.29, 1.82) is 0 Å². The molecule has 0 radical (unpaired) electrons. The lowest BCUT2D eigenvalue weighted by atomic mass is 10.0. The van der Waals surface area contributed by atoms with E-state index in [4.69, 9.17) is 5.73 Å². The molecule has 0 spiro atoms. The van der Waals surface area contributed by atoms with Crippen LogP contribution in [0, 0.1) is 17.8 Å². The second-order valence-electron chi connectivity index (χ2n) is 6.09. The molecule has 2 N–H and O–H groups in total. The number of nitrogens with two attached hydrogens (primary N) is 1. The van der Waals surface area contributed by atoms with Crippen molar-refractivity contribution in [2.24, 2.45) is 23.5 Å². The summed E-state index contributed by atoms with van der Waals surface area (Å²) in [5, 5.41) is 0. The van der Waals surface area contributed by atoms with E-state index in [9.17, 15) is 4.79 Å². The third-order valence-electron chi connectivity index (χ3n) is 5.07. The first-order valence-electron chi connectivity index (χ1n) is 7.52. The molecular weight excluding hydrogens is 226 g/mol. The molecule has 1 amide bonds. The van der Waals surface area contributed by atoms with Gasteiger partial charge in [0.1, 0.15) is 0 Å². The molecule has 0 aromatic heterocycles. The highest BCUT2D eigenvalue weighted by Crippen LogP contribution is 2.56. The molecule has 1 saturated heterocycles. The number of carbonyl (C=O) groups is 1. The third kappa shape index (κ3) is 2.28. The Kier molecular flexibility index (Phi) is 3.57. The quantitative estimate of drug-likeness (QED) is 0.796. The predicted octanol–water partition coefficient (Wildman–Crippen LogP) is 0.525. The van der Waals surface area contributed by atoms with Crippen LogP contribution in [0.4, 0.5) is 0 Å². The maximum Gasteiger partial charge on any atom is 0.226 e. The molecule has 4 nitrogen and oxygen atoms in total. The van der Waals surface area contributed by atoms with Crippen LogP contribution in [0.25, 0.3) is 0 Å². The lowest BCUT2D eigenvalue weighted by Crippen LogP contribution is -2.50. The number of carbonyl (C=O) groups excluding carboxylic acids is 1. The normalized spacial score (nSPS) is 36.3. The summed E-state index contributed by atoms with van der Waals surface area (Å²) >= 11 is 0. The number of piperazine rings is 1. The summed E-state index contributed by atoms with van der Waals surface area (Å²) in [6.07, 6.45) is 5.28. The molecule has 3 aliphatic rings. The summed E-state index contributed by atoms with van der Waals surface area (Å²) in [4.78, 5) is 16.9. The van der Waals surface area contributed by atoms with Gasteiger partial charge in [0.05, 0.1) is 0 Å². The highest BCUT2D eigenvalue weighted by molar-refractivity contribution is 5.82. The minimum Gasteiger partial charge on any atom is -0.340 e. The Bertz CT molecular complexity index is 300. The Hall–Kier alpha value is -0.610. The van der Waals surface area contributed by atoms with Crippen LogP contribution in [-0.4, -0.2) is 55.0 Å². The smallest absolute Gasteiger partial charge is 0.226 e. The number of amides is 1. The van der Waals surface area contributed by atoms with Gasteiger partial charge in [-0.05, 0) is 24.7 Å². The largest absolute Gasteiger partial charge is 0.340 e. The van der Waals surface area contributed by atoms with Crippen molar-refractivity contribution in [1.82, 2.24) is 9.80 Å². The maximum atomic E-state index is 12.5. The van der Waals surface area contributed by atoms with E-state index in [-0.39, 0.29) is 0 Å². The summed E-state index contributed by atoms with van der Waals surface area (Å²) in [5.74, 6) is 2.34. The molecule has 2 unspecified atom stereocenters. The van der Waals surface area contributed by atoms with E-state index in [1.807, 2.05) is 0 Å². The number of nitrogens with zero attached hydrogens (tertiary/aromatic N) is 2. The van der Waals surface area contributed by atoms with Gasteiger partial charge in [0.25, 0.3) is 0 Å². The standard InChI is InChI=1S/C14H25N3O/c15-5-6-16-7-9-17(10-8-16)14(18)13-11-3-1-2-4-12(11)13/h11-13H,1-10,15H2. The zero-order valence-electron chi connectivity index (χ0n) is 11.2. The second-order valence-corrected chi connectivity index (χ2v) is 6.09. The van der Waals surface area contributed by atoms with E-state index in [1.54, 1.807) is 0 Å². The topological polar surface area (TPSA) is 49.6 Å². The Morgan fingerprint density at radius 3 is 2.22 bits per heavy atom. The van der Waals surface area contributed by atoms with E-state index < -0.39 is 0 Å². The van der Waals surface area contributed by atoms with Crippen molar-refractivity contribution < 1.29 is 4.79 Å². The molecular formula is C14H25N3O. The lowest BCUT2D eigenvalue weighted by molar-refractivity contribution is -0.134. The fraction of sp³-hybridized carbons (Fsp3) is 0.929. The minimum absolute atomic E-state index is 0.397. The van der Waals surface area contributed by atoms with Gasteiger partial charge >= 0.3 is 0 Å². The Morgan fingerprint density at radius 1 is 1.06 bits per heavy atom. The second kappa shape index (κ2) is 5.17. The lowest BCUT2D eigenvalue weighted by Gasteiger charge is -2.34. The minimum atomic E-state index is 0.397.